The van der Waals surface area contributed by atoms with Crippen molar-refractivity contribution in [3.05, 3.63) is 109 Å². The number of unbranched alkanes of at least 4 members (excludes halogenated alkanes) is 1. The molecule has 0 bridgehead atoms. The van der Waals surface area contributed by atoms with Crippen molar-refractivity contribution >= 4 is 27.5 Å². The van der Waals surface area contributed by atoms with E-state index in [1.54, 1.807) is 0 Å². The highest BCUT2D eigenvalue weighted by Crippen LogP contribution is 2.51. The molecule has 1 aliphatic heterocycles. The van der Waals surface area contributed by atoms with Gasteiger partial charge >= 0.3 is 0 Å². The van der Waals surface area contributed by atoms with Gasteiger partial charge in [-0.1, -0.05) is 80.4 Å². The predicted molar refractivity (Wildman–Crippen MR) is 166 cm³/mol. The molecule has 2 fully saturated rings. The third kappa shape index (κ3) is 4.16. The maximum atomic E-state index is 2.80. The summed E-state index contributed by atoms with van der Waals surface area (Å²) in [7, 11) is 0. The molecule has 39 heavy (non-hydrogen) atoms. The summed E-state index contributed by atoms with van der Waals surface area (Å²) >= 11 is 0. The molecular weight excluding hydrogens is 472 g/mol. The molecule has 5 atom stereocenters. The molecule has 2 heterocycles. The van der Waals surface area contributed by atoms with Crippen LogP contribution in [0.4, 0.5) is 5.69 Å². The lowest BCUT2D eigenvalue weighted by Crippen LogP contribution is -2.39. The van der Waals surface area contributed by atoms with Gasteiger partial charge in [-0.25, -0.2) is 0 Å². The quantitative estimate of drug-likeness (QED) is 0.220. The van der Waals surface area contributed by atoms with Gasteiger partial charge in [0, 0.05) is 34.2 Å². The summed E-state index contributed by atoms with van der Waals surface area (Å²) in [6.45, 7) is 4.85. The van der Waals surface area contributed by atoms with Gasteiger partial charge in [0.1, 0.15) is 0 Å². The van der Waals surface area contributed by atoms with Gasteiger partial charge in [-0.2, -0.15) is 0 Å². The first-order valence-corrected chi connectivity index (χ1v) is 15.2. The average Bonchev–Trinajstić information content (AvgIpc) is 3.47. The second-order valence-electron chi connectivity index (χ2n) is 12.0. The molecule has 1 aromatic heterocycles. The molecule has 0 radical (unpaired) electrons. The molecule has 4 aromatic carbocycles. The smallest absolute Gasteiger partial charge is 0.0541 e. The highest BCUT2D eigenvalue weighted by molar-refractivity contribution is 6.09. The summed E-state index contributed by atoms with van der Waals surface area (Å²) in [4.78, 5) is 2.80. The van der Waals surface area contributed by atoms with Crippen LogP contribution in [0.5, 0.6) is 0 Å². The van der Waals surface area contributed by atoms with Gasteiger partial charge in [0.05, 0.1) is 11.0 Å². The Hall–Kier alpha value is -3.52. The molecule has 1 saturated carbocycles. The van der Waals surface area contributed by atoms with Gasteiger partial charge in [-0.3, -0.25) is 0 Å². The van der Waals surface area contributed by atoms with Crippen LogP contribution in [0, 0.1) is 11.8 Å². The first-order chi connectivity index (χ1) is 19.2. The minimum Gasteiger partial charge on any atom is -0.365 e. The van der Waals surface area contributed by atoms with Crippen LogP contribution in [-0.2, 0) is 0 Å². The van der Waals surface area contributed by atoms with E-state index in [-0.39, 0.29) is 0 Å². The maximum Gasteiger partial charge on any atom is 0.0541 e. The van der Waals surface area contributed by atoms with Gasteiger partial charge in [0.25, 0.3) is 0 Å². The number of para-hydroxylation sites is 3. The summed E-state index contributed by atoms with van der Waals surface area (Å²) < 4.78 is 2.43. The number of anilines is 1. The number of hydrogen-bond donors (Lipinski definition) is 0. The van der Waals surface area contributed by atoms with Crippen molar-refractivity contribution in [2.75, 3.05) is 4.90 Å². The van der Waals surface area contributed by atoms with Crippen LogP contribution >= 0.6 is 0 Å². The van der Waals surface area contributed by atoms with Gasteiger partial charge in [0.15, 0.2) is 0 Å². The van der Waals surface area contributed by atoms with E-state index in [0.717, 1.165) is 11.8 Å². The summed E-state index contributed by atoms with van der Waals surface area (Å²) in [5.74, 6) is 2.19. The fraction of sp³-hybridized carbons (Fsp3) is 0.351. The van der Waals surface area contributed by atoms with Crippen LogP contribution in [0.25, 0.3) is 27.5 Å². The van der Waals surface area contributed by atoms with E-state index in [2.05, 4.69) is 126 Å². The Morgan fingerprint density at radius 1 is 0.718 bits per heavy atom. The van der Waals surface area contributed by atoms with Gasteiger partial charge in [-0.05, 0) is 98.4 Å². The largest absolute Gasteiger partial charge is 0.365 e. The lowest BCUT2D eigenvalue weighted by Gasteiger charge is -2.38. The third-order valence-electron chi connectivity index (χ3n) is 9.96. The molecule has 198 valence electrons. The molecule has 1 saturated heterocycles. The highest BCUT2D eigenvalue weighted by Gasteiger charge is 2.48. The molecule has 5 aromatic rings. The van der Waals surface area contributed by atoms with E-state index in [1.165, 1.54) is 77.3 Å². The minimum atomic E-state index is 0.610. The standard InChI is InChI=1S/C37H40N2/c1-3-4-17-31-26(2)38(29-13-7-5-8-14-29)36-22-20-27(24-33(31)36)28-21-23-37-34(25-28)32-18-11-12-19-35(32)39(37)30-15-9-6-10-16-30/h5-16,18-19,21,23,25-27,31,33,36H,3-4,17,20,22,24H2,1-2H3/t26?,27-,31?,33?,36?/m1/s1. The second kappa shape index (κ2) is 10.2. The monoisotopic (exact) mass is 512 g/mol. The number of rotatable bonds is 6. The van der Waals surface area contributed by atoms with Crippen molar-refractivity contribution in [1.82, 2.24) is 4.57 Å². The van der Waals surface area contributed by atoms with Gasteiger partial charge < -0.3 is 9.47 Å². The Morgan fingerprint density at radius 3 is 2.18 bits per heavy atom. The lowest BCUT2D eigenvalue weighted by molar-refractivity contribution is 0.237. The SMILES string of the molecule is CCCCC1C2C[C@H](c3ccc4c(c3)c3ccccc3n4-c3ccccc3)CCC2N(c2ccccc2)C1C. The van der Waals surface area contributed by atoms with Crippen LogP contribution in [0.3, 0.4) is 0 Å². The molecule has 0 amide bonds. The van der Waals surface area contributed by atoms with Crippen molar-refractivity contribution in [2.45, 2.75) is 70.4 Å². The van der Waals surface area contributed by atoms with E-state index in [9.17, 15) is 0 Å². The lowest BCUT2D eigenvalue weighted by atomic mass is 9.70. The Morgan fingerprint density at radius 2 is 1.41 bits per heavy atom. The van der Waals surface area contributed by atoms with Crippen LogP contribution in [0.15, 0.2) is 103 Å². The van der Waals surface area contributed by atoms with E-state index in [4.69, 9.17) is 0 Å². The van der Waals surface area contributed by atoms with Crippen molar-refractivity contribution in [1.29, 1.82) is 0 Å². The zero-order valence-electron chi connectivity index (χ0n) is 23.3. The third-order valence-corrected chi connectivity index (χ3v) is 9.96. The zero-order chi connectivity index (χ0) is 26.3. The van der Waals surface area contributed by atoms with Gasteiger partial charge in [-0.15, -0.1) is 0 Å². The number of fused-ring (bicyclic) bond motifs is 4. The molecule has 0 N–H and O–H groups in total. The summed E-state index contributed by atoms with van der Waals surface area (Å²) in [5.41, 5.74) is 6.80. The van der Waals surface area contributed by atoms with Crippen LogP contribution in [0.1, 0.15) is 63.9 Å². The molecule has 1 aliphatic carbocycles. The van der Waals surface area contributed by atoms with Crippen molar-refractivity contribution in [3.8, 4) is 5.69 Å². The minimum absolute atomic E-state index is 0.610. The Kier molecular flexibility index (Phi) is 6.43. The van der Waals surface area contributed by atoms with Crippen LogP contribution in [0.2, 0.25) is 0 Å². The van der Waals surface area contributed by atoms with Crippen molar-refractivity contribution < 1.29 is 0 Å². The summed E-state index contributed by atoms with van der Waals surface area (Å²) in [5, 5.41) is 2.75. The summed E-state index contributed by atoms with van der Waals surface area (Å²) in [6.07, 6.45) is 7.88. The molecule has 2 nitrogen and oxygen atoms in total. The number of nitrogens with zero attached hydrogens (tertiary/aromatic N) is 2. The fourth-order valence-corrected chi connectivity index (χ4v) is 8.19. The summed E-state index contributed by atoms with van der Waals surface area (Å²) in [6, 6.07) is 39.6. The zero-order valence-corrected chi connectivity index (χ0v) is 23.3. The van der Waals surface area contributed by atoms with Gasteiger partial charge in [0.2, 0.25) is 0 Å². The van der Waals surface area contributed by atoms with Crippen molar-refractivity contribution in [2.24, 2.45) is 11.8 Å². The molecular formula is C37H40N2. The number of benzene rings is 4. The van der Waals surface area contributed by atoms with E-state index in [0.29, 0.717) is 18.0 Å². The molecule has 2 heteroatoms. The normalized spacial score (nSPS) is 24.9. The first kappa shape index (κ1) is 24.5. The number of aromatic nitrogens is 1. The first-order valence-electron chi connectivity index (χ1n) is 15.2. The topological polar surface area (TPSA) is 8.17 Å². The second-order valence-corrected chi connectivity index (χ2v) is 12.0. The molecule has 4 unspecified atom stereocenters. The van der Waals surface area contributed by atoms with E-state index in [1.807, 2.05) is 0 Å². The van der Waals surface area contributed by atoms with E-state index < -0.39 is 0 Å². The maximum absolute atomic E-state index is 2.80. The van der Waals surface area contributed by atoms with Crippen molar-refractivity contribution in [3.63, 3.8) is 0 Å². The molecule has 7 rings (SSSR count). The molecule has 0 spiro atoms. The Balaban J connectivity index is 1.25. The fourth-order valence-electron chi connectivity index (χ4n) is 8.19. The number of hydrogen-bond acceptors (Lipinski definition) is 1. The molecule has 2 aliphatic rings. The Labute approximate surface area is 233 Å². The van der Waals surface area contributed by atoms with Crippen LogP contribution < -0.4 is 4.90 Å². The predicted octanol–water partition coefficient (Wildman–Crippen LogP) is 9.75. The Bertz CT molecular complexity index is 1570. The van der Waals surface area contributed by atoms with E-state index >= 15 is 0 Å². The average molecular weight is 513 g/mol. The van der Waals surface area contributed by atoms with Crippen LogP contribution in [-0.4, -0.2) is 16.7 Å². The highest BCUT2D eigenvalue weighted by atomic mass is 15.2.